The van der Waals surface area contributed by atoms with E-state index in [0.29, 0.717) is 4.58 Å². The molecule has 0 atom stereocenters. The topological polar surface area (TPSA) is 0 Å². The van der Waals surface area contributed by atoms with Gasteiger partial charge < -0.3 is 0 Å². The molecule has 0 spiro atoms. The summed E-state index contributed by atoms with van der Waals surface area (Å²) in [6, 6.07) is 6.80. The van der Waals surface area contributed by atoms with Crippen molar-refractivity contribution >= 4 is 23.5 Å². The Balaban J connectivity index is 2.29. The maximum absolute atomic E-state index is 2.29. The average Bonchev–Trinajstić information content (AvgIpc) is 2.56. The molecule has 0 aromatic heterocycles. The molecule has 0 nitrogen and oxygen atoms in total. The second kappa shape index (κ2) is 3.97. The van der Waals surface area contributed by atoms with Crippen LogP contribution in [-0.4, -0.2) is 11.5 Å². The molecule has 1 aliphatic heterocycles. The van der Waals surface area contributed by atoms with Gasteiger partial charge in [0, 0.05) is 11.5 Å². The minimum absolute atomic E-state index is 0.695. The van der Waals surface area contributed by atoms with E-state index in [4.69, 9.17) is 0 Å². The highest BCUT2D eigenvalue weighted by atomic mass is 32.2. The summed E-state index contributed by atoms with van der Waals surface area (Å²) in [5, 5.41) is 0. The Kier molecular flexibility index (Phi) is 2.89. The predicted molar refractivity (Wildman–Crippen MR) is 63.6 cm³/mol. The maximum atomic E-state index is 2.29. The van der Waals surface area contributed by atoms with Crippen molar-refractivity contribution in [2.75, 3.05) is 11.5 Å². The van der Waals surface area contributed by atoms with Crippen LogP contribution in [0.2, 0.25) is 0 Å². The second-order valence-electron chi connectivity index (χ2n) is 3.43. The molecule has 1 fully saturated rings. The number of aryl methyl sites for hydroxylation is 2. The summed E-state index contributed by atoms with van der Waals surface area (Å²) in [7, 11) is 0. The Morgan fingerprint density at radius 2 is 1.85 bits per heavy atom. The van der Waals surface area contributed by atoms with E-state index in [0.717, 1.165) is 0 Å². The first-order valence-electron chi connectivity index (χ1n) is 4.58. The van der Waals surface area contributed by atoms with E-state index < -0.39 is 0 Å². The minimum Gasteiger partial charge on any atom is -0.142 e. The van der Waals surface area contributed by atoms with Crippen LogP contribution in [0.3, 0.4) is 0 Å². The van der Waals surface area contributed by atoms with Crippen molar-refractivity contribution < 1.29 is 0 Å². The Hall–Kier alpha value is -0.0800. The molecule has 0 N–H and O–H groups in total. The standard InChI is InChI=1S/C11H14S2/c1-8-3-4-10(9(2)7-8)11-12-5-6-13-11/h3-4,7,11H,5-6H2,1-2H3. The highest BCUT2D eigenvalue weighted by Crippen LogP contribution is 2.46. The Morgan fingerprint density at radius 3 is 2.46 bits per heavy atom. The monoisotopic (exact) mass is 210 g/mol. The van der Waals surface area contributed by atoms with Crippen LogP contribution in [0.25, 0.3) is 0 Å². The first-order chi connectivity index (χ1) is 6.27. The lowest BCUT2D eigenvalue weighted by molar-refractivity contribution is 1.26. The quantitative estimate of drug-likeness (QED) is 0.692. The van der Waals surface area contributed by atoms with E-state index in [2.05, 4.69) is 55.6 Å². The van der Waals surface area contributed by atoms with Crippen molar-refractivity contribution in [2.45, 2.75) is 18.4 Å². The molecule has 2 rings (SSSR count). The van der Waals surface area contributed by atoms with E-state index in [9.17, 15) is 0 Å². The third-order valence-corrected chi connectivity index (χ3v) is 5.37. The highest BCUT2D eigenvalue weighted by Gasteiger charge is 2.19. The fourth-order valence-corrected chi connectivity index (χ4v) is 4.68. The average molecular weight is 210 g/mol. The van der Waals surface area contributed by atoms with Gasteiger partial charge in [0.15, 0.2) is 0 Å². The molecular weight excluding hydrogens is 196 g/mol. The van der Waals surface area contributed by atoms with Crippen molar-refractivity contribution in [3.05, 3.63) is 34.9 Å². The third-order valence-electron chi connectivity index (χ3n) is 2.30. The molecular formula is C11H14S2. The van der Waals surface area contributed by atoms with Gasteiger partial charge in [-0.1, -0.05) is 23.8 Å². The van der Waals surface area contributed by atoms with Crippen molar-refractivity contribution in [3.63, 3.8) is 0 Å². The maximum Gasteiger partial charge on any atom is 0.0754 e. The van der Waals surface area contributed by atoms with E-state index in [1.807, 2.05) is 0 Å². The summed E-state index contributed by atoms with van der Waals surface area (Å²) in [6.45, 7) is 4.38. The Morgan fingerprint density at radius 1 is 1.15 bits per heavy atom. The summed E-state index contributed by atoms with van der Waals surface area (Å²) in [4.78, 5) is 0. The van der Waals surface area contributed by atoms with Crippen molar-refractivity contribution in [1.29, 1.82) is 0 Å². The SMILES string of the molecule is Cc1ccc(C2SCCS2)c(C)c1. The van der Waals surface area contributed by atoms with Gasteiger partial charge >= 0.3 is 0 Å². The normalized spacial score (nSPS) is 18.0. The molecule has 1 heterocycles. The molecule has 2 heteroatoms. The Labute approximate surface area is 88.5 Å². The molecule has 1 aromatic carbocycles. The molecule has 0 amide bonds. The van der Waals surface area contributed by atoms with Gasteiger partial charge in [-0.05, 0) is 25.0 Å². The molecule has 1 saturated heterocycles. The van der Waals surface area contributed by atoms with Gasteiger partial charge in [-0.2, -0.15) is 0 Å². The van der Waals surface area contributed by atoms with Crippen molar-refractivity contribution in [3.8, 4) is 0 Å². The smallest absolute Gasteiger partial charge is 0.0754 e. The third kappa shape index (κ3) is 2.05. The van der Waals surface area contributed by atoms with Crippen LogP contribution in [0.5, 0.6) is 0 Å². The van der Waals surface area contributed by atoms with Crippen LogP contribution in [0.15, 0.2) is 18.2 Å². The number of rotatable bonds is 1. The van der Waals surface area contributed by atoms with Gasteiger partial charge in [0.1, 0.15) is 0 Å². The molecule has 13 heavy (non-hydrogen) atoms. The molecule has 0 unspecified atom stereocenters. The zero-order chi connectivity index (χ0) is 9.26. The van der Waals surface area contributed by atoms with E-state index in [1.165, 1.54) is 28.2 Å². The first kappa shape index (κ1) is 9.47. The summed E-state index contributed by atoms with van der Waals surface area (Å²) >= 11 is 4.16. The number of hydrogen-bond donors (Lipinski definition) is 0. The van der Waals surface area contributed by atoms with E-state index in [1.54, 1.807) is 0 Å². The van der Waals surface area contributed by atoms with Crippen molar-refractivity contribution in [1.82, 2.24) is 0 Å². The lowest BCUT2D eigenvalue weighted by atomic mass is 10.1. The molecule has 0 radical (unpaired) electrons. The van der Waals surface area contributed by atoms with Gasteiger partial charge in [0.2, 0.25) is 0 Å². The summed E-state index contributed by atoms with van der Waals surface area (Å²) < 4.78 is 0.695. The van der Waals surface area contributed by atoms with Gasteiger partial charge in [0.05, 0.1) is 4.58 Å². The van der Waals surface area contributed by atoms with Crippen LogP contribution in [-0.2, 0) is 0 Å². The predicted octanol–water partition coefficient (Wildman–Crippen LogP) is 3.78. The van der Waals surface area contributed by atoms with Gasteiger partial charge in [-0.15, -0.1) is 23.5 Å². The zero-order valence-corrected chi connectivity index (χ0v) is 9.67. The number of benzene rings is 1. The molecule has 1 aromatic rings. The van der Waals surface area contributed by atoms with Gasteiger partial charge in [-0.3, -0.25) is 0 Å². The molecule has 1 aliphatic rings. The summed E-state index contributed by atoms with van der Waals surface area (Å²) in [5.41, 5.74) is 4.35. The van der Waals surface area contributed by atoms with Gasteiger partial charge in [0.25, 0.3) is 0 Å². The van der Waals surface area contributed by atoms with Gasteiger partial charge in [-0.25, -0.2) is 0 Å². The lowest BCUT2D eigenvalue weighted by Gasteiger charge is -2.11. The van der Waals surface area contributed by atoms with Crippen LogP contribution in [0.1, 0.15) is 21.3 Å². The van der Waals surface area contributed by atoms with E-state index in [-0.39, 0.29) is 0 Å². The molecule has 0 bridgehead atoms. The van der Waals surface area contributed by atoms with E-state index >= 15 is 0 Å². The molecule has 0 saturated carbocycles. The second-order valence-corrected chi connectivity index (χ2v) is 6.16. The zero-order valence-electron chi connectivity index (χ0n) is 8.04. The molecule has 0 aliphatic carbocycles. The summed E-state index contributed by atoms with van der Waals surface area (Å²) in [5.74, 6) is 2.62. The Bertz CT molecular complexity index is 301. The summed E-state index contributed by atoms with van der Waals surface area (Å²) in [6.07, 6.45) is 0. The molecule has 70 valence electrons. The van der Waals surface area contributed by atoms with Crippen LogP contribution >= 0.6 is 23.5 Å². The number of hydrogen-bond acceptors (Lipinski definition) is 2. The lowest BCUT2D eigenvalue weighted by Crippen LogP contribution is -1.90. The van der Waals surface area contributed by atoms with Crippen LogP contribution in [0.4, 0.5) is 0 Å². The fraction of sp³-hybridized carbons (Fsp3) is 0.455. The fourth-order valence-electron chi connectivity index (χ4n) is 1.63. The van der Waals surface area contributed by atoms with Crippen LogP contribution < -0.4 is 0 Å². The number of thioether (sulfide) groups is 2. The first-order valence-corrected chi connectivity index (χ1v) is 6.67. The highest BCUT2D eigenvalue weighted by molar-refractivity contribution is 8.19. The largest absolute Gasteiger partial charge is 0.142 e. The van der Waals surface area contributed by atoms with Crippen molar-refractivity contribution in [2.24, 2.45) is 0 Å². The van der Waals surface area contributed by atoms with Crippen LogP contribution in [0, 0.1) is 13.8 Å². The minimum atomic E-state index is 0.695.